The minimum atomic E-state index is -0.389. The molecule has 164 valence electrons. The topological polar surface area (TPSA) is 85.2 Å². The zero-order valence-electron chi connectivity index (χ0n) is 17.7. The molecule has 3 saturated carbocycles. The van der Waals surface area contributed by atoms with Crippen LogP contribution in [0.25, 0.3) is 28.4 Å². The number of pyridine rings is 1. The van der Waals surface area contributed by atoms with E-state index in [1.807, 2.05) is 0 Å². The van der Waals surface area contributed by atoms with E-state index in [2.05, 4.69) is 32.1 Å². The van der Waals surface area contributed by atoms with Crippen LogP contribution < -0.4 is 0 Å². The molecular weight excluding hydrogens is 429 g/mol. The fourth-order valence-corrected chi connectivity index (χ4v) is 5.94. The van der Waals surface area contributed by atoms with E-state index in [9.17, 15) is 0 Å². The van der Waals surface area contributed by atoms with Crippen LogP contribution in [0.3, 0.4) is 0 Å². The average Bonchev–Trinajstić information content (AvgIpc) is 3.48. The van der Waals surface area contributed by atoms with Crippen LogP contribution in [-0.4, -0.2) is 34.7 Å². The largest absolute Gasteiger partial charge is 0.288 e. The molecule has 2 bridgehead atoms. The van der Waals surface area contributed by atoms with Crippen LogP contribution in [0.1, 0.15) is 38.3 Å². The molecule has 4 aromatic heterocycles. The predicted molar refractivity (Wildman–Crippen MR) is 119 cm³/mol. The van der Waals surface area contributed by atoms with Gasteiger partial charge in [-0.15, -0.1) is 0 Å². The third kappa shape index (κ3) is 3.20. The Balaban J connectivity index is 1.48. The van der Waals surface area contributed by atoms with Gasteiger partial charge in [0, 0.05) is 18.6 Å². The second-order valence-electron chi connectivity index (χ2n) is 9.13. The van der Waals surface area contributed by atoms with Crippen molar-refractivity contribution in [2.24, 2.45) is 23.7 Å². The number of halogens is 2. The molecule has 4 aromatic rings. The molecule has 3 fully saturated rings. The summed E-state index contributed by atoms with van der Waals surface area (Å²) >= 11 is 6.17. The molecule has 3 aliphatic rings. The van der Waals surface area contributed by atoms with Crippen LogP contribution in [0.2, 0.25) is 5.02 Å². The van der Waals surface area contributed by atoms with E-state index in [0.717, 1.165) is 5.92 Å². The number of imidazole rings is 1. The van der Waals surface area contributed by atoms with Crippen LogP contribution in [-0.2, 0) is 6.42 Å². The minimum absolute atomic E-state index is 0.189. The van der Waals surface area contributed by atoms with Crippen molar-refractivity contribution >= 4 is 22.6 Å². The summed E-state index contributed by atoms with van der Waals surface area (Å²) in [6, 6.07) is 1.77. The van der Waals surface area contributed by atoms with E-state index in [0.29, 0.717) is 57.4 Å². The van der Waals surface area contributed by atoms with Crippen molar-refractivity contribution in [3.8, 4) is 17.3 Å². The molecule has 2 atom stereocenters. The van der Waals surface area contributed by atoms with E-state index in [1.165, 1.54) is 25.7 Å². The molecule has 7 nitrogen and oxygen atoms in total. The molecule has 0 aromatic carbocycles. The maximum absolute atomic E-state index is 15.7. The van der Waals surface area contributed by atoms with E-state index < -0.39 is 0 Å². The van der Waals surface area contributed by atoms with Gasteiger partial charge in [0.25, 0.3) is 0 Å². The van der Waals surface area contributed by atoms with Crippen LogP contribution in [0.5, 0.6) is 0 Å². The normalized spacial score (nSPS) is 25.0. The molecule has 0 spiro atoms. The molecule has 0 amide bonds. The third-order valence-corrected chi connectivity index (χ3v) is 7.73. The summed E-state index contributed by atoms with van der Waals surface area (Å²) in [5.41, 5.74) is 1.54. The molecular formula is C23H23ClFN7. The smallest absolute Gasteiger partial charge is 0.187 e. The van der Waals surface area contributed by atoms with Gasteiger partial charge < -0.3 is 0 Å². The van der Waals surface area contributed by atoms with Crippen molar-refractivity contribution in [1.82, 2.24) is 34.7 Å². The van der Waals surface area contributed by atoms with Gasteiger partial charge in [-0.05, 0) is 61.8 Å². The van der Waals surface area contributed by atoms with Crippen molar-refractivity contribution in [3.05, 3.63) is 47.5 Å². The average molecular weight is 452 g/mol. The van der Waals surface area contributed by atoms with E-state index in [-0.39, 0.29) is 11.6 Å². The number of nitrogens with one attached hydrogen (secondary N) is 1. The second kappa shape index (κ2) is 7.62. The maximum atomic E-state index is 15.7. The SMILES string of the molecule is C[C@H]1C2CCC(CC2)[C@@H]1Cc1nc(-c2[nH]nc3ncc(Cl)cc23)nc(-n2ccnc2)c1F. The molecule has 1 N–H and O–H groups in total. The summed E-state index contributed by atoms with van der Waals surface area (Å²) in [5, 5.41) is 8.42. The summed E-state index contributed by atoms with van der Waals surface area (Å²) in [6.07, 6.45) is 12.1. The van der Waals surface area contributed by atoms with E-state index >= 15 is 4.39 Å². The van der Waals surface area contributed by atoms with Gasteiger partial charge in [-0.1, -0.05) is 18.5 Å². The van der Waals surface area contributed by atoms with Gasteiger partial charge in [-0.25, -0.2) is 24.3 Å². The van der Waals surface area contributed by atoms with Crippen LogP contribution >= 0.6 is 11.6 Å². The fraction of sp³-hybridized carbons (Fsp3) is 0.435. The maximum Gasteiger partial charge on any atom is 0.187 e. The lowest BCUT2D eigenvalue weighted by atomic mass is 9.58. The van der Waals surface area contributed by atoms with Gasteiger partial charge in [-0.2, -0.15) is 5.10 Å². The van der Waals surface area contributed by atoms with Gasteiger partial charge in [0.1, 0.15) is 12.0 Å². The molecule has 0 unspecified atom stereocenters. The zero-order valence-corrected chi connectivity index (χ0v) is 18.4. The number of rotatable bonds is 4. The van der Waals surface area contributed by atoms with Crippen LogP contribution in [0.4, 0.5) is 4.39 Å². The van der Waals surface area contributed by atoms with Gasteiger partial charge in [0.05, 0.1) is 16.1 Å². The Bertz CT molecular complexity index is 1280. The lowest BCUT2D eigenvalue weighted by molar-refractivity contribution is 0.0334. The molecule has 0 aliphatic heterocycles. The van der Waals surface area contributed by atoms with Crippen molar-refractivity contribution in [3.63, 3.8) is 0 Å². The van der Waals surface area contributed by atoms with Gasteiger partial charge >= 0.3 is 0 Å². The first kappa shape index (κ1) is 19.8. The molecule has 32 heavy (non-hydrogen) atoms. The third-order valence-electron chi connectivity index (χ3n) is 7.52. The molecule has 4 heterocycles. The minimum Gasteiger partial charge on any atom is -0.288 e. The lowest BCUT2D eigenvalue weighted by Gasteiger charge is -2.47. The number of aromatic amines is 1. The number of nitrogens with zero attached hydrogens (tertiary/aromatic N) is 6. The van der Waals surface area contributed by atoms with Crippen molar-refractivity contribution < 1.29 is 4.39 Å². The van der Waals surface area contributed by atoms with Gasteiger partial charge in [0.2, 0.25) is 0 Å². The molecule has 0 saturated heterocycles. The highest BCUT2D eigenvalue weighted by molar-refractivity contribution is 6.31. The molecule has 3 aliphatic carbocycles. The lowest BCUT2D eigenvalue weighted by Crippen LogP contribution is -2.39. The first-order valence-corrected chi connectivity index (χ1v) is 11.5. The zero-order chi connectivity index (χ0) is 21.8. The Morgan fingerprint density at radius 2 is 2.00 bits per heavy atom. The van der Waals surface area contributed by atoms with E-state index in [1.54, 1.807) is 35.6 Å². The summed E-state index contributed by atoms with van der Waals surface area (Å²) in [7, 11) is 0. The van der Waals surface area contributed by atoms with Crippen molar-refractivity contribution in [2.45, 2.75) is 39.0 Å². The predicted octanol–water partition coefficient (Wildman–Crippen LogP) is 5.01. The quantitative estimate of drug-likeness (QED) is 0.471. The van der Waals surface area contributed by atoms with Gasteiger partial charge in [0.15, 0.2) is 23.1 Å². The first-order valence-electron chi connectivity index (χ1n) is 11.1. The number of hydrogen-bond acceptors (Lipinski definition) is 5. The molecule has 7 rings (SSSR count). The second-order valence-corrected chi connectivity index (χ2v) is 9.56. The molecule has 9 heteroatoms. The Kier molecular flexibility index (Phi) is 4.71. The van der Waals surface area contributed by atoms with Crippen molar-refractivity contribution in [2.75, 3.05) is 0 Å². The Hall–Kier alpha value is -2.87. The van der Waals surface area contributed by atoms with E-state index in [4.69, 9.17) is 16.6 Å². The Labute approximate surface area is 189 Å². The van der Waals surface area contributed by atoms with Crippen molar-refractivity contribution in [1.29, 1.82) is 0 Å². The number of aromatic nitrogens is 7. The standard InChI is InChI=1S/C23H23ClFN7/c1-12-13-2-4-14(5-3-13)16(12)9-18-19(25)23(32-7-6-26-11-32)29-22(28-18)20-17-8-15(24)10-27-21(17)31-30-20/h6-8,10-14,16H,2-5,9H2,1H3,(H,27,30,31)/t12-,13?,14?,16+/m0/s1. The summed E-state index contributed by atoms with van der Waals surface area (Å²) in [6.45, 7) is 2.33. The Morgan fingerprint density at radius 1 is 1.19 bits per heavy atom. The summed E-state index contributed by atoms with van der Waals surface area (Å²) in [5.74, 6) is 2.57. The first-order chi connectivity index (χ1) is 15.6. The van der Waals surface area contributed by atoms with Crippen LogP contribution in [0, 0.1) is 29.5 Å². The number of hydrogen-bond donors (Lipinski definition) is 1. The monoisotopic (exact) mass is 451 g/mol. The summed E-state index contributed by atoms with van der Waals surface area (Å²) < 4.78 is 17.3. The highest BCUT2D eigenvalue weighted by atomic mass is 35.5. The summed E-state index contributed by atoms with van der Waals surface area (Å²) in [4.78, 5) is 17.6. The molecule has 0 radical (unpaired) electrons. The highest BCUT2D eigenvalue weighted by Crippen LogP contribution is 2.49. The van der Waals surface area contributed by atoms with Gasteiger partial charge in [-0.3, -0.25) is 9.67 Å². The Morgan fingerprint density at radius 3 is 2.75 bits per heavy atom. The number of H-pyrrole nitrogens is 1. The number of fused-ring (bicyclic) bond motifs is 4. The highest BCUT2D eigenvalue weighted by Gasteiger charge is 2.41. The van der Waals surface area contributed by atoms with Crippen LogP contribution in [0.15, 0.2) is 31.0 Å². The fourth-order valence-electron chi connectivity index (χ4n) is 5.78.